The molecule has 180 valence electrons. The first kappa shape index (κ1) is 23.9. The highest BCUT2D eigenvalue weighted by atomic mass is 19.4. The topological polar surface area (TPSA) is 58.6 Å². The molecule has 1 N–H and O–H groups in total. The van der Waals surface area contributed by atoms with E-state index in [-0.39, 0.29) is 35.0 Å². The first-order valence-electron chi connectivity index (χ1n) is 11.2. The predicted octanol–water partition coefficient (Wildman–Crippen LogP) is 6.18. The second-order valence-electron chi connectivity index (χ2n) is 9.79. The highest BCUT2D eigenvalue weighted by Crippen LogP contribution is 2.49. The lowest BCUT2D eigenvalue weighted by molar-refractivity contribution is -0.170. The number of ether oxygens (including phenoxy) is 1. The number of benzene rings is 2. The SMILES string of the molecule is CC(C)Oc1ccc([C@@H]2C3=C(CC(C)(C)CC3=O)Nc3ccccc3N2C(=O)C(F)(F)F)cc1. The summed E-state index contributed by atoms with van der Waals surface area (Å²) in [5.74, 6) is -1.76. The van der Waals surface area contributed by atoms with Gasteiger partial charge >= 0.3 is 12.1 Å². The number of alkyl halides is 3. The van der Waals surface area contributed by atoms with Crippen LogP contribution in [0.1, 0.15) is 52.1 Å². The molecule has 0 fully saturated rings. The first-order chi connectivity index (χ1) is 15.9. The van der Waals surface area contributed by atoms with Crippen LogP contribution in [0.25, 0.3) is 0 Å². The number of hydrogen-bond acceptors (Lipinski definition) is 4. The number of carbonyl (C=O) groups excluding carboxylic acids is 2. The number of carbonyl (C=O) groups is 2. The third kappa shape index (κ3) is 4.54. The number of nitrogens with zero attached hydrogens (tertiary/aromatic N) is 1. The average molecular weight is 473 g/mol. The van der Waals surface area contributed by atoms with E-state index in [0.29, 0.717) is 34.0 Å². The standard InChI is InChI=1S/C26H27F3N2O3/c1-15(2)34-17-11-9-16(10-12-17)23-22-19(13-25(3,4)14-21(22)32)30-18-7-5-6-8-20(18)31(23)24(33)26(27,28)29/h5-12,15,23,30H,13-14H2,1-4H3/t23-/m1/s1. The normalized spacial score (nSPS) is 19.8. The maximum atomic E-state index is 13.9. The summed E-state index contributed by atoms with van der Waals surface area (Å²) in [6, 6.07) is 11.6. The lowest BCUT2D eigenvalue weighted by atomic mass is 9.73. The number of fused-ring (bicyclic) bond motifs is 1. The summed E-state index contributed by atoms with van der Waals surface area (Å²) in [7, 11) is 0. The van der Waals surface area contributed by atoms with Crippen LogP contribution in [0.15, 0.2) is 59.8 Å². The molecule has 1 aliphatic carbocycles. The molecular weight excluding hydrogens is 445 g/mol. The van der Waals surface area contributed by atoms with Crippen LogP contribution in [0.3, 0.4) is 0 Å². The Hall–Kier alpha value is -3.29. The van der Waals surface area contributed by atoms with Gasteiger partial charge in [0.15, 0.2) is 5.78 Å². The van der Waals surface area contributed by atoms with Gasteiger partial charge in [0, 0.05) is 17.7 Å². The Morgan fingerprint density at radius 2 is 1.74 bits per heavy atom. The molecule has 34 heavy (non-hydrogen) atoms. The van der Waals surface area contributed by atoms with Crippen LogP contribution in [0.5, 0.6) is 5.75 Å². The third-order valence-electron chi connectivity index (χ3n) is 5.93. The maximum Gasteiger partial charge on any atom is 0.471 e. The number of halogens is 3. The van der Waals surface area contributed by atoms with Gasteiger partial charge in [-0.15, -0.1) is 0 Å². The fourth-order valence-electron chi connectivity index (χ4n) is 4.66. The van der Waals surface area contributed by atoms with Gasteiger partial charge in [0.25, 0.3) is 0 Å². The molecule has 0 unspecified atom stereocenters. The Morgan fingerprint density at radius 1 is 1.09 bits per heavy atom. The lowest BCUT2D eigenvalue weighted by Gasteiger charge is -2.37. The van der Waals surface area contributed by atoms with E-state index < -0.39 is 18.1 Å². The zero-order valence-electron chi connectivity index (χ0n) is 19.5. The van der Waals surface area contributed by atoms with Gasteiger partial charge in [0.1, 0.15) is 5.75 Å². The molecular formula is C26H27F3N2O3. The monoisotopic (exact) mass is 472 g/mol. The largest absolute Gasteiger partial charge is 0.491 e. The van der Waals surface area contributed by atoms with Crippen LogP contribution in [0, 0.1) is 5.41 Å². The minimum Gasteiger partial charge on any atom is -0.491 e. The van der Waals surface area contributed by atoms with Crippen molar-refractivity contribution in [3.8, 4) is 5.75 Å². The maximum absolute atomic E-state index is 13.9. The van der Waals surface area contributed by atoms with Crippen molar-refractivity contribution in [1.29, 1.82) is 0 Å². The van der Waals surface area contributed by atoms with Crippen molar-refractivity contribution < 1.29 is 27.5 Å². The van der Waals surface area contributed by atoms with Crippen LogP contribution in [-0.2, 0) is 9.59 Å². The number of para-hydroxylation sites is 2. The number of hydrogen-bond donors (Lipinski definition) is 1. The fourth-order valence-corrected chi connectivity index (χ4v) is 4.66. The highest BCUT2D eigenvalue weighted by Gasteiger charge is 2.50. The van der Waals surface area contributed by atoms with Crippen molar-refractivity contribution in [1.82, 2.24) is 0 Å². The molecule has 1 aliphatic heterocycles. The molecule has 4 rings (SSSR count). The Morgan fingerprint density at radius 3 is 2.35 bits per heavy atom. The molecule has 1 heterocycles. The molecule has 2 aliphatic rings. The quantitative estimate of drug-likeness (QED) is 0.580. The van der Waals surface area contributed by atoms with Gasteiger partial charge < -0.3 is 10.1 Å². The summed E-state index contributed by atoms with van der Waals surface area (Å²) in [6.07, 6.45) is -4.59. The summed E-state index contributed by atoms with van der Waals surface area (Å²) in [6.45, 7) is 7.62. The molecule has 0 saturated heterocycles. The second kappa shape index (κ2) is 8.49. The summed E-state index contributed by atoms with van der Waals surface area (Å²) in [4.78, 5) is 27.0. The van der Waals surface area contributed by atoms with E-state index in [1.807, 2.05) is 27.7 Å². The van der Waals surface area contributed by atoms with Gasteiger partial charge in [-0.05, 0) is 55.5 Å². The van der Waals surface area contributed by atoms with Gasteiger partial charge in [-0.1, -0.05) is 38.1 Å². The summed E-state index contributed by atoms with van der Waals surface area (Å²) >= 11 is 0. The van der Waals surface area contributed by atoms with Crippen molar-refractivity contribution >= 4 is 23.1 Å². The smallest absolute Gasteiger partial charge is 0.471 e. The zero-order chi connectivity index (χ0) is 24.8. The van der Waals surface area contributed by atoms with E-state index in [0.717, 1.165) is 0 Å². The van der Waals surface area contributed by atoms with Crippen molar-refractivity contribution in [3.63, 3.8) is 0 Å². The van der Waals surface area contributed by atoms with E-state index in [1.54, 1.807) is 42.5 Å². The van der Waals surface area contributed by atoms with Crippen molar-refractivity contribution in [2.24, 2.45) is 5.41 Å². The second-order valence-corrected chi connectivity index (χ2v) is 9.79. The Bertz CT molecular complexity index is 1150. The predicted molar refractivity (Wildman–Crippen MR) is 124 cm³/mol. The van der Waals surface area contributed by atoms with E-state index in [4.69, 9.17) is 4.74 Å². The molecule has 8 heteroatoms. The van der Waals surface area contributed by atoms with E-state index in [1.165, 1.54) is 6.07 Å². The highest BCUT2D eigenvalue weighted by molar-refractivity contribution is 6.07. The van der Waals surface area contributed by atoms with Gasteiger partial charge in [-0.3, -0.25) is 14.5 Å². The molecule has 2 aromatic rings. The van der Waals surface area contributed by atoms with Crippen LogP contribution >= 0.6 is 0 Å². The van der Waals surface area contributed by atoms with E-state index >= 15 is 0 Å². The van der Waals surface area contributed by atoms with Gasteiger partial charge in [0.05, 0.1) is 23.5 Å². The molecule has 2 aromatic carbocycles. The minimum atomic E-state index is -5.13. The number of nitrogens with one attached hydrogen (secondary N) is 1. The molecule has 1 atom stereocenters. The molecule has 0 radical (unpaired) electrons. The van der Waals surface area contributed by atoms with Gasteiger partial charge in [0.2, 0.25) is 0 Å². The summed E-state index contributed by atoms with van der Waals surface area (Å²) in [5.41, 5.74) is 1.16. The van der Waals surface area contributed by atoms with Crippen LogP contribution < -0.4 is 15.0 Å². The minimum absolute atomic E-state index is 0.0670. The number of allylic oxidation sites excluding steroid dienone is 1. The number of anilines is 2. The molecule has 5 nitrogen and oxygen atoms in total. The van der Waals surface area contributed by atoms with E-state index in [2.05, 4.69) is 5.32 Å². The van der Waals surface area contributed by atoms with E-state index in [9.17, 15) is 22.8 Å². The summed E-state index contributed by atoms with van der Waals surface area (Å²) in [5, 5.41) is 3.19. The molecule has 1 amide bonds. The molecule has 0 saturated carbocycles. The molecule has 0 spiro atoms. The van der Waals surface area contributed by atoms with Gasteiger partial charge in [-0.25, -0.2) is 0 Å². The Labute approximate surface area is 196 Å². The first-order valence-corrected chi connectivity index (χ1v) is 11.2. The van der Waals surface area contributed by atoms with Crippen LogP contribution in [-0.4, -0.2) is 24.0 Å². The van der Waals surface area contributed by atoms with Crippen LogP contribution in [0.4, 0.5) is 24.5 Å². The van der Waals surface area contributed by atoms with Crippen molar-refractivity contribution in [2.75, 3.05) is 10.2 Å². The number of amides is 1. The number of Topliss-reactive ketones (excluding diaryl/α,β-unsaturated/α-hetero) is 1. The lowest BCUT2D eigenvalue weighted by Crippen LogP contribution is -2.45. The summed E-state index contributed by atoms with van der Waals surface area (Å²) < 4.78 is 47.3. The van der Waals surface area contributed by atoms with Crippen molar-refractivity contribution in [2.45, 2.75) is 58.9 Å². The zero-order valence-corrected chi connectivity index (χ0v) is 19.5. The Kier molecular flexibility index (Phi) is 5.96. The molecule has 0 aromatic heterocycles. The molecule has 0 bridgehead atoms. The van der Waals surface area contributed by atoms with Crippen molar-refractivity contribution in [3.05, 3.63) is 65.4 Å². The average Bonchev–Trinajstić information content (AvgIpc) is 2.86. The van der Waals surface area contributed by atoms with Crippen LogP contribution in [0.2, 0.25) is 0 Å². The number of rotatable bonds is 3. The third-order valence-corrected chi connectivity index (χ3v) is 5.93. The van der Waals surface area contributed by atoms with Gasteiger partial charge in [-0.2, -0.15) is 13.2 Å². The fraction of sp³-hybridized carbons (Fsp3) is 0.385. The Balaban J connectivity index is 1.96. The number of ketones is 1.